The molecule has 1 aromatic carbocycles. The lowest BCUT2D eigenvalue weighted by Gasteiger charge is -2.26. The van der Waals surface area contributed by atoms with Crippen LogP contribution < -0.4 is 15.8 Å². The van der Waals surface area contributed by atoms with Crippen LogP contribution in [0.15, 0.2) is 24.3 Å². The Balaban J connectivity index is 1.77. The summed E-state index contributed by atoms with van der Waals surface area (Å²) in [6, 6.07) is 4.53. The summed E-state index contributed by atoms with van der Waals surface area (Å²) in [6.07, 6.45) is 0.266. The number of ether oxygens (including phenoxy) is 1. The number of aliphatic hydroxyl groups is 1. The third-order valence-corrected chi connectivity index (χ3v) is 4.63. The Morgan fingerprint density at radius 3 is 2.42 bits per heavy atom. The fourth-order valence-electron chi connectivity index (χ4n) is 3.23. The molecule has 2 rings (SSSR count). The molecule has 0 saturated heterocycles. The van der Waals surface area contributed by atoms with E-state index in [2.05, 4.69) is 10.1 Å². The first-order valence-electron chi connectivity index (χ1n) is 8.80. The minimum Gasteiger partial charge on any atom is -0.406 e. The number of aliphatic hydroxyl groups excluding tert-OH is 1. The van der Waals surface area contributed by atoms with Crippen LogP contribution in [-0.2, 0) is 11.3 Å². The number of hydrogen-bond acceptors (Lipinski definition) is 4. The van der Waals surface area contributed by atoms with Crippen molar-refractivity contribution in [1.82, 2.24) is 5.32 Å². The fourth-order valence-corrected chi connectivity index (χ4v) is 3.23. The van der Waals surface area contributed by atoms with Crippen LogP contribution in [0.1, 0.15) is 44.1 Å². The summed E-state index contributed by atoms with van der Waals surface area (Å²) >= 11 is 0. The first-order chi connectivity index (χ1) is 12.2. The topological polar surface area (TPSA) is 84.6 Å². The van der Waals surface area contributed by atoms with E-state index in [4.69, 9.17) is 5.73 Å². The van der Waals surface area contributed by atoms with Crippen LogP contribution in [0.5, 0.6) is 5.75 Å². The van der Waals surface area contributed by atoms with Crippen LogP contribution in [-0.4, -0.2) is 29.5 Å². The first-order valence-corrected chi connectivity index (χ1v) is 8.80. The molecule has 1 amide bonds. The summed E-state index contributed by atoms with van der Waals surface area (Å²) in [6.45, 7) is 0.0817. The zero-order chi connectivity index (χ0) is 19.2. The van der Waals surface area contributed by atoms with Gasteiger partial charge in [0.1, 0.15) is 11.9 Å². The van der Waals surface area contributed by atoms with E-state index in [0.717, 1.165) is 25.7 Å². The second-order valence-electron chi connectivity index (χ2n) is 6.76. The average molecular weight is 374 g/mol. The third kappa shape index (κ3) is 6.84. The number of alkyl halides is 3. The highest BCUT2D eigenvalue weighted by Crippen LogP contribution is 2.27. The van der Waals surface area contributed by atoms with Crippen molar-refractivity contribution in [2.45, 2.75) is 63.6 Å². The molecule has 0 heterocycles. The van der Waals surface area contributed by atoms with Crippen molar-refractivity contribution < 1.29 is 27.8 Å². The summed E-state index contributed by atoms with van der Waals surface area (Å²) in [5.74, 6) is -0.464. The third-order valence-electron chi connectivity index (χ3n) is 4.63. The number of carbonyl (C=O) groups excluding carboxylic acids is 1. The fraction of sp³-hybridized carbons (Fsp3) is 0.611. The zero-order valence-electron chi connectivity index (χ0n) is 14.5. The molecule has 0 spiro atoms. The van der Waals surface area contributed by atoms with Crippen LogP contribution in [0.2, 0.25) is 0 Å². The van der Waals surface area contributed by atoms with Crippen molar-refractivity contribution in [2.24, 2.45) is 11.7 Å². The van der Waals surface area contributed by atoms with E-state index in [-0.39, 0.29) is 12.3 Å². The molecule has 0 aliphatic heterocycles. The number of nitrogens with one attached hydrogen (secondary N) is 1. The molecule has 1 saturated carbocycles. The Labute approximate surface area is 150 Å². The van der Waals surface area contributed by atoms with Crippen LogP contribution in [0.25, 0.3) is 0 Å². The molecular formula is C18H25F3N2O3. The van der Waals surface area contributed by atoms with Crippen molar-refractivity contribution in [1.29, 1.82) is 0 Å². The SMILES string of the molecule is NC(CC1CCCCC1)C(O)C(=O)NCc1ccc(OC(F)(F)F)cc1. The lowest BCUT2D eigenvalue weighted by Crippen LogP contribution is -2.47. The van der Waals surface area contributed by atoms with E-state index in [1.54, 1.807) is 0 Å². The Hall–Kier alpha value is -1.80. The van der Waals surface area contributed by atoms with E-state index in [1.165, 1.54) is 30.7 Å². The molecule has 1 fully saturated rings. The molecule has 5 nitrogen and oxygen atoms in total. The van der Waals surface area contributed by atoms with Gasteiger partial charge < -0.3 is 20.9 Å². The second kappa shape index (κ2) is 9.23. The van der Waals surface area contributed by atoms with Crippen molar-refractivity contribution in [3.63, 3.8) is 0 Å². The molecule has 8 heteroatoms. The largest absolute Gasteiger partial charge is 0.573 e. The van der Waals surface area contributed by atoms with E-state index in [9.17, 15) is 23.1 Å². The minimum absolute atomic E-state index is 0.0817. The van der Waals surface area contributed by atoms with Gasteiger partial charge in [0.15, 0.2) is 0 Å². The summed E-state index contributed by atoms with van der Waals surface area (Å²) in [7, 11) is 0. The van der Waals surface area contributed by atoms with Gasteiger partial charge >= 0.3 is 6.36 Å². The predicted octanol–water partition coefficient (Wildman–Crippen LogP) is 2.86. The molecule has 26 heavy (non-hydrogen) atoms. The van der Waals surface area contributed by atoms with Gasteiger partial charge in [0.25, 0.3) is 5.91 Å². The van der Waals surface area contributed by atoms with Gasteiger partial charge in [0, 0.05) is 12.6 Å². The first kappa shape index (κ1) is 20.5. The molecular weight excluding hydrogens is 349 g/mol. The van der Waals surface area contributed by atoms with E-state index in [0.29, 0.717) is 17.9 Å². The molecule has 1 aromatic rings. The van der Waals surface area contributed by atoms with Gasteiger partial charge in [-0.1, -0.05) is 44.2 Å². The van der Waals surface area contributed by atoms with Gasteiger partial charge in [-0.15, -0.1) is 13.2 Å². The number of halogens is 3. The highest BCUT2D eigenvalue weighted by Gasteiger charge is 2.31. The Morgan fingerprint density at radius 1 is 1.23 bits per heavy atom. The Kier molecular flexibility index (Phi) is 7.28. The van der Waals surface area contributed by atoms with Crippen LogP contribution in [0.3, 0.4) is 0 Å². The summed E-state index contributed by atoms with van der Waals surface area (Å²) in [5, 5.41) is 12.6. The maximum absolute atomic E-state index is 12.1. The molecule has 0 bridgehead atoms. The van der Waals surface area contributed by atoms with E-state index >= 15 is 0 Å². The highest BCUT2D eigenvalue weighted by molar-refractivity contribution is 5.81. The number of rotatable bonds is 7. The van der Waals surface area contributed by atoms with E-state index < -0.39 is 24.4 Å². The highest BCUT2D eigenvalue weighted by atomic mass is 19.4. The van der Waals surface area contributed by atoms with Gasteiger partial charge in [0.05, 0.1) is 0 Å². The van der Waals surface area contributed by atoms with Crippen molar-refractivity contribution in [3.05, 3.63) is 29.8 Å². The molecule has 1 aliphatic rings. The lowest BCUT2D eigenvalue weighted by atomic mass is 9.84. The van der Waals surface area contributed by atoms with Crippen molar-refractivity contribution in [2.75, 3.05) is 0 Å². The minimum atomic E-state index is -4.74. The second-order valence-corrected chi connectivity index (χ2v) is 6.76. The van der Waals surface area contributed by atoms with Gasteiger partial charge in [0.2, 0.25) is 0 Å². The van der Waals surface area contributed by atoms with Gasteiger partial charge in [-0.3, -0.25) is 4.79 Å². The molecule has 0 radical (unpaired) electrons. The molecule has 146 valence electrons. The quantitative estimate of drug-likeness (QED) is 0.685. The maximum atomic E-state index is 12.1. The lowest BCUT2D eigenvalue weighted by molar-refractivity contribution is -0.274. The van der Waals surface area contributed by atoms with Crippen LogP contribution in [0.4, 0.5) is 13.2 Å². The molecule has 2 atom stereocenters. The maximum Gasteiger partial charge on any atom is 0.573 e. The van der Waals surface area contributed by atoms with Gasteiger partial charge in [-0.2, -0.15) is 0 Å². The standard InChI is InChI=1S/C18H25F3N2O3/c19-18(20,21)26-14-8-6-13(7-9-14)11-23-17(25)16(24)15(22)10-12-4-2-1-3-5-12/h6-9,12,15-16,24H,1-5,10-11,22H2,(H,23,25). The number of amides is 1. The van der Waals surface area contributed by atoms with Gasteiger partial charge in [-0.05, 0) is 30.0 Å². The molecule has 1 aliphatic carbocycles. The number of carbonyl (C=O) groups is 1. The molecule has 0 aromatic heterocycles. The summed E-state index contributed by atoms with van der Waals surface area (Å²) in [4.78, 5) is 12.0. The molecule has 2 unspecified atom stereocenters. The number of nitrogens with two attached hydrogens (primary N) is 1. The van der Waals surface area contributed by atoms with E-state index in [1.807, 2.05) is 0 Å². The summed E-state index contributed by atoms with van der Waals surface area (Å²) < 4.78 is 40.1. The Morgan fingerprint density at radius 2 is 1.85 bits per heavy atom. The monoisotopic (exact) mass is 374 g/mol. The Bertz CT molecular complexity index is 572. The smallest absolute Gasteiger partial charge is 0.406 e. The van der Waals surface area contributed by atoms with Crippen LogP contribution in [0, 0.1) is 5.92 Å². The van der Waals surface area contributed by atoms with Crippen molar-refractivity contribution >= 4 is 5.91 Å². The normalized spacial score (nSPS) is 18.2. The molecule has 4 N–H and O–H groups in total. The average Bonchev–Trinajstić information content (AvgIpc) is 2.59. The number of benzene rings is 1. The van der Waals surface area contributed by atoms with Crippen LogP contribution >= 0.6 is 0 Å². The van der Waals surface area contributed by atoms with Crippen molar-refractivity contribution in [3.8, 4) is 5.75 Å². The van der Waals surface area contributed by atoms with Gasteiger partial charge in [-0.25, -0.2) is 0 Å². The predicted molar refractivity (Wildman–Crippen MR) is 90.1 cm³/mol. The summed E-state index contributed by atoms with van der Waals surface area (Å²) in [5.41, 5.74) is 6.55. The zero-order valence-corrected chi connectivity index (χ0v) is 14.5. The number of hydrogen-bond donors (Lipinski definition) is 3.